The van der Waals surface area contributed by atoms with E-state index in [9.17, 15) is 14.4 Å². The van der Waals surface area contributed by atoms with E-state index in [0.29, 0.717) is 19.0 Å². The van der Waals surface area contributed by atoms with Crippen LogP contribution in [0.25, 0.3) is 0 Å². The van der Waals surface area contributed by atoms with Crippen LogP contribution in [0.2, 0.25) is 0 Å². The highest BCUT2D eigenvalue weighted by molar-refractivity contribution is 6.14. The molecule has 1 spiro atoms. The van der Waals surface area contributed by atoms with Crippen molar-refractivity contribution in [2.45, 2.75) is 51.6 Å². The summed E-state index contributed by atoms with van der Waals surface area (Å²) < 4.78 is 0. The van der Waals surface area contributed by atoms with Gasteiger partial charge in [0.1, 0.15) is 17.9 Å². The minimum atomic E-state index is -1.06. The van der Waals surface area contributed by atoms with Crippen LogP contribution in [0.3, 0.4) is 0 Å². The molecule has 3 aliphatic heterocycles. The lowest BCUT2D eigenvalue weighted by Crippen LogP contribution is -2.99. The van der Waals surface area contributed by atoms with E-state index in [2.05, 4.69) is 25.7 Å². The first kappa shape index (κ1) is 20.8. The highest BCUT2D eigenvalue weighted by Crippen LogP contribution is 2.51. The molecule has 3 heterocycles. The third kappa shape index (κ3) is 2.77. The van der Waals surface area contributed by atoms with E-state index in [4.69, 9.17) is 0 Å². The minimum absolute atomic E-state index is 0.0845. The predicted octanol–water partition coefficient (Wildman–Crippen LogP) is 1.81. The molecule has 0 radical (unpaired) electrons. The molecule has 0 aromatic heterocycles. The predicted molar refractivity (Wildman–Crippen MR) is 114 cm³/mol. The molecule has 4 unspecified atom stereocenters. The molecule has 6 nitrogen and oxygen atoms in total. The number of anilines is 1. The average Bonchev–Trinajstić information content (AvgIpc) is 3.26. The molecule has 160 valence electrons. The monoisotopic (exact) mass is 410 g/mol. The Morgan fingerprint density at radius 1 is 1.17 bits per heavy atom. The highest BCUT2D eigenvalue weighted by Gasteiger charge is 2.75. The van der Waals surface area contributed by atoms with Gasteiger partial charge in [-0.15, -0.1) is 6.58 Å². The van der Waals surface area contributed by atoms with Crippen LogP contribution in [0, 0.1) is 17.8 Å². The lowest BCUT2D eigenvalue weighted by molar-refractivity contribution is -0.734. The zero-order valence-corrected chi connectivity index (χ0v) is 18.1. The number of imide groups is 1. The van der Waals surface area contributed by atoms with Crippen LogP contribution >= 0.6 is 0 Å². The Kier molecular flexibility index (Phi) is 5.30. The third-order valence-electron chi connectivity index (χ3n) is 6.90. The van der Waals surface area contributed by atoms with Crippen LogP contribution in [-0.4, -0.2) is 41.8 Å². The number of fused-ring (bicyclic) bond motifs is 4. The van der Waals surface area contributed by atoms with Gasteiger partial charge in [0.15, 0.2) is 0 Å². The van der Waals surface area contributed by atoms with Crippen LogP contribution in [0.15, 0.2) is 36.9 Å². The van der Waals surface area contributed by atoms with E-state index in [1.54, 1.807) is 11.0 Å². The van der Waals surface area contributed by atoms with Gasteiger partial charge < -0.3 is 10.2 Å². The number of unbranched alkanes of at least 4 members (excludes halogenated alkanes) is 1. The van der Waals surface area contributed by atoms with Crippen molar-refractivity contribution in [2.24, 2.45) is 17.8 Å². The van der Waals surface area contributed by atoms with E-state index in [1.807, 2.05) is 31.2 Å². The molecule has 3 aliphatic rings. The molecular formula is C24H32N3O3+. The van der Waals surface area contributed by atoms with E-state index in [1.165, 1.54) is 4.90 Å². The van der Waals surface area contributed by atoms with Crippen LogP contribution < -0.4 is 10.2 Å². The van der Waals surface area contributed by atoms with Crippen LogP contribution in [0.4, 0.5) is 5.69 Å². The molecule has 0 bridgehead atoms. The Morgan fingerprint density at radius 2 is 1.90 bits per heavy atom. The SMILES string of the molecule is C=CCN1C(=O)C2([NH2+]C(CC(C)C)C3C(=O)N(CCCC)C(=O)C32)c2ccccc21. The molecule has 0 aliphatic carbocycles. The fourth-order valence-corrected chi connectivity index (χ4v) is 5.78. The summed E-state index contributed by atoms with van der Waals surface area (Å²) in [7, 11) is 0. The Labute approximate surface area is 178 Å². The van der Waals surface area contributed by atoms with Gasteiger partial charge >= 0.3 is 0 Å². The number of carbonyl (C=O) groups is 3. The van der Waals surface area contributed by atoms with Crippen molar-refractivity contribution in [3.63, 3.8) is 0 Å². The van der Waals surface area contributed by atoms with E-state index < -0.39 is 17.4 Å². The first-order chi connectivity index (χ1) is 14.4. The maximum atomic E-state index is 13.9. The fourth-order valence-electron chi connectivity index (χ4n) is 5.78. The summed E-state index contributed by atoms with van der Waals surface area (Å²) in [5.41, 5.74) is 0.629. The lowest BCUT2D eigenvalue weighted by atomic mass is 9.76. The maximum Gasteiger partial charge on any atom is 0.294 e. The van der Waals surface area contributed by atoms with Gasteiger partial charge in [-0.25, -0.2) is 0 Å². The van der Waals surface area contributed by atoms with Crippen molar-refractivity contribution in [1.29, 1.82) is 0 Å². The van der Waals surface area contributed by atoms with Gasteiger partial charge in [0.2, 0.25) is 17.4 Å². The van der Waals surface area contributed by atoms with Gasteiger partial charge in [0.25, 0.3) is 5.91 Å². The summed E-state index contributed by atoms with van der Waals surface area (Å²) in [5, 5.41) is 2.06. The quantitative estimate of drug-likeness (QED) is 0.550. The standard InChI is InChI=1S/C24H31N3O3/c1-5-7-13-27-21(28)19-17(14-15(3)4)25-24(20(19)22(27)29)16-10-8-9-11-18(16)26(12-6-2)23(24)30/h6,8-11,15,17,19-20,25H,2,5,7,12-14H2,1,3-4H3/p+1. The van der Waals surface area contributed by atoms with Crippen LogP contribution in [-0.2, 0) is 19.9 Å². The molecule has 2 saturated heterocycles. The minimum Gasteiger partial charge on any atom is -0.326 e. The van der Waals surface area contributed by atoms with Gasteiger partial charge in [0, 0.05) is 25.1 Å². The number of carbonyl (C=O) groups excluding carboxylic acids is 3. The number of quaternary nitrogens is 1. The molecule has 6 heteroatoms. The first-order valence-corrected chi connectivity index (χ1v) is 11.1. The Morgan fingerprint density at radius 3 is 2.57 bits per heavy atom. The molecule has 1 aromatic rings. The molecular weight excluding hydrogens is 378 g/mol. The molecule has 2 fully saturated rings. The van der Waals surface area contributed by atoms with Crippen molar-refractivity contribution >= 4 is 23.4 Å². The molecule has 30 heavy (non-hydrogen) atoms. The number of rotatable bonds is 7. The number of para-hydroxylation sites is 1. The van der Waals surface area contributed by atoms with Crippen LogP contribution in [0.5, 0.6) is 0 Å². The molecule has 3 amide bonds. The van der Waals surface area contributed by atoms with Crippen molar-refractivity contribution in [3.05, 3.63) is 42.5 Å². The number of nitrogens with two attached hydrogens (primary N) is 1. The zero-order valence-electron chi connectivity index (χ0n) is 18.1. The second-order valence-electron chi connectivity index (χ2n) is 9.24. The smallest absolute Gasteiger partial charge is 0.294 e. The van der Waals surface area contributed by atoms with Crippen LogP contribution in [0.1, 0.15) is 45.6 Å². The molecule has 2 N–H and O–H groups in total. The number of nitrogens with zero attached hydrogens (tertiary/aromatic N) is 2. The average molecular weight is 411 g/mol. The molecule has 4 atom stereocenters. The number of benzene rings is 1. The summed E-state index contributed by atoms with van der Waals surface area (Å²) in [6, 6.07) is 7.63. The van der Waals surface area contributed by atoms with Gasteiger partial charge in [-0.1, -0.05) is 51.5 Å². The Balaban J connectivity index is 1.85. The van der Waals surface area contributed by atoms with Crippen molar-refractivity contribution < 1.29 is 19.7 Å². The summed E-state index contributed by atoms with van der Waals surface area (Å²) in [6.07, 6.45) is 4.20. The van der Waals surface area contributed by atoms with E-state index in [-0.39, 0.29) is 23.8 Å². The fraction of sp³-hybridized carbons (Fsp3) is 0.542. The molecule has 1 aromatic carbocycles. The van der Waals surface area contributed by atoms with Gasteiger partial charge in [-0.2, -0.15) is 0 Å². The topological polar surface area (TPSA) is 74.3 Å². The summed E-state index contributed by atoms with van der Waals surface area (Å²) in [6.45, 7) is 10.9. The summed E-state index contributed by atoms with van der Waals surface area (Å²) in [4.78, 5) is 44.1. The Bertz CT molecular complexity index is 895. The van der Waals surface area contributed by atoms with Crippen molar-refractivity contribution in [2.75, 3.05) is 18.0 Å². The maximum absolute atomic E-state index is 13.9. The van der Waals surface area contributed by atoms with Crippen molar-refractivity contribution in [3.8, 4) is 0 Å². The first-order valence-electron chi connectivity index (χ1n) is 11.1. The highest BCUT2D eigenvalue weighted by atomic mass is 16.2. The molecule has 4 rings (SSSR count). The number of likely N-dealkylation sites (tertiary alicyclic amines) is 1. The van der Waals surface area contributed by atoms with Gasteiger partial charge in [0.05, 0.1) is 5.69 Å². The summed E-state index contributed by atoms with van der Waals surface area (Å²) >= 11 is 0. The summed E-state index contributed by atoms with van der Waals surface area (Å²) in [5.74, 6) is -1.09. The number of hydrogen-bond donors (Lipinski definition) is 1. The molecule has 0 saturated carbocycles. The number of amides is 3. The van der Waals surface area contributed by atoms with E-state index in [0.717, 1.165) is 30.5 Å². The van der Waals surface area contributed by atoms with Gasteiger partial charge in [-0.3, -0.25) is 19.3 Å². The van der Waals surface area contributed by atoms with Gasteiger partial charge in [-0.05, 0) is 18.4 Å². The van der Waals surface area contributed by atoms with Crippen molar-refractivity contribution in [1.82, 2.24) is 4.90 Å². The number of hydrogen-bond acceptors (Lipinski definition) is 3. The van der Waals surface area contributed by atoms with E-state index >= 15 is 0 Å². The normalized spacial score (nSPS) is 30.0. The zero-order chi connectivity index (χ0) is 21.6. The largest absolute Gasteiger partial charge is 0.326 e. The third-order valence-corrected chi connectivity index (χ3v) is 6.90. The second-order valence-corrected chi connectivity index (χ2v) is 9.24. The second kappa shape index (κ2) is 7.65. The lowest BCUT2D eigenvalue weighted by Gasteiger charge is -2.27. The Hall–Kier alpha value is -2.47.